The summed E-state index contributed by atoms with van der Waals surface area (Å²) in [6.45, 7) is 3.16. The van der Waals surface area contributed by atoms with Crippen molar-refractivity contribution in [2.24, 2.45) is 0 Å². The molecular formula is C17H19N3O2. The average Bonchev–Trinajstić information content (AvgIpc) is 2.96. The topological polar surface area (TPSA) is 70.9 Å². The number of nitrogens with one attached hydrogen (secondary N) is 2. The summed E-state index contributed by atoms with van der Waals surface area (Å²) in [6.07, 6.45) is 1.97. The van der Waals surface area contributed by atoms with Gasteiger partial charge in [-0.2, -0.15) is 0 Å². The number of hydrogen-bond donors (Lipinski definition) is 2. The molecule has 0 aliphatic heterocycles. The number of rotatable bonds is 6. The van der Waals surface area contributed by atoms with Crippen molar-refractivity contribution in [2.75, 3.05) is 0 Å². The average molecular weight is 297 g/mol. The van der Waals surface area contributed by atoms with Gasteiger partial charge in [0.05, 0.1) is 12.2 Å². The summed E-state index contributed by atoms with van der Waals surface area (Å²) in [4.78, 5) is 14.9. The van der Waals surface area contributed by atoms with E-state index in [2.05, 4.69) is 22.4 Å². The van der Waals surface area contributed by atoms with E-state index in [-0.39, 0.29) is 5.56 Å². The van der Waals surface area contributed by atoms with E-state index < -0.39 is 0 Å². The van der Waals surface area contributed by atoms with Crippen molar-refractivity contribution in [3.8, 4) is 0 Å². The van der Waals surface area contributed by atoms with Crippen LogP contribution in [-0.2, 0) is 19.5 Å². The van der Waals surface area contributed by atoms with Crippen LogP contribution in [0.5, 0.6) is 0 Å². The van der Waals surface area contributed by atoms with Gasteiger partial charge in [0, 0.05) is 23.7 Å². The van der Waals surface area contributed by atoms with E-state index in [0.29, 0.717) is 18.7 Å². The van der Waals surface area contributed by atoms with Crippen molar-refractivity contribution in [1.82, 2.24) is 15.5 Å². The molecular weight excluding hydrogens is 278 g/mol. The molecule has 1 aromatic carbocycles. The molecule has 22 heavy (non-hydrogen) atoms. The lowest BCUT2D eigenvalue weighted by molar-refractivity contribution is 0.367. The molecule has 0 saturated heterocycles. The van der Waals surface area contributed by atoms with Crippen LogP contribution in [0.4, 0.5) is 0 Å². The van der Waals surface area contributed by atoms with Crippen LogP contribution in [-0.4, -0.2) is 10.1 Å². The third kappa shape index (κ3) is 3.26. The second-order valence-corrected chi connectivity index (χ2v) is 5.35. The largest absolute Gasteiger partial charge is 0.360 e. The predicted molar refractivity (Wildman–Crippen MR) is 85.6 cm³/mol. The third-order valence-electron chi connectivity index (χ3n) is 3.56. The zero-order valence-electron chi connectivity index (χ0n) is 12.6. The molecule has 0 fully saturated rings. The van der Waals surface area contributed by atoms with Crippen molar-refractivity contribution >= 4 is 10.9 Å². The summed E-state index contributed by atoms with van der Waals surface area (Å²) >= 11 is 0. The number of H-pyrrole nitrogens is 1. The van der Waals surface area contributed by atoms with Crippen LogP contribution in [0.2, 0.25) is 0 Å². The molecule has 2 N–H and O–H groups in total. The van der Waals surface area contributed by atoms with Crippen molar-refractivity contribution in [3.05, 3.63) is 63.8 Å². The second kappa shape index (κ2) is 6.58. The highest BCUT2D eigenvalue weighted by molar-refractivity contribution is 5.78. The molecule has 0 bridgehead atoms. The van der Waals surface area contributed by atoms with Crippen LogP contribution < -0.4 is 10.9 Å². The van der Waals surface area contributed by atoms with E-state index in [1.165, 1.54) is 0 Å². The highest BCUT2D eigenvalue weighted by atomic mass is 16.5. The van der Waals surface area contributed by atoms with Crippen molar-refractivity contribution < 1.29 is 4.52 Å². The first kappa shape index (κ1) is 14.5. The van der Waals surface area contributed by atoms with Gasteiger partial charge in [0.25, 0.3) is 5.56 Å². The lowest BCUT2D eigenvalue weighted by atomic mass is 10.1. The zero-order chi connectivity index (χ0) is 15.4. The molecule has 2 aromatic heterocycles. The van der Waals surface area contributed by atoms with Gasteiger partial charge in [-0.1, -0.05) is 36.7 Å². The van der Waals surface area contributed by atoms with Crippen molar-refractivity contribution in [2.45, 2.75) is 32.9 Å². The van der Waals surface area contributed by atoms with Gasteiger partial charge >= 0.3 is 0 Å². The summed E-state index contributed by atoms with van der Waals surface area (Å²) in [6, 6.07) is 11.6. The van der Waals surface area contributed by atoms with Gasteiger partial charge in [-0.3, -0.25) is 4.79 Å². The first-order valence-corrected chi connectivity index (χ1v) is 7.52. The van der Waals surface area contributed by atoms with Crippen LogP contribution in [0.15, 0.2) is 45.7 Å². The Morgan fingerprint density at radius 3 is 2.95 bits per heavy atom. The van der Waals surface area contributed by atoms with Gasteiger partial charge in [0.2, 0.25) is 0 Å². The maximum atomic E-state index is 12.0. The fraction of sp³-hybridized carbons (Fsp3) is 0.294. The molecule has 0 amide bonds. The molecule has 0 aliphatic rings. The summed E-state index contributed by atoms with van der Waals surface area (Å²) in [5.41, 5.74) is 2.49. The molecule has 2 heterocycles. The molecule has 5 nitrogen and oxygen atoms in total. The minimum atomic E-state index is -0.0598. The van der Waals surface area contributed by atoms with Crippen molar-refractivity contribution in [3.63, 3.8) is 0 Å². The number of aromatic nitrogens is 2. The quantitative estimate of drug-likeness (QED) is 0.734. The minimum absolute atomic E-state index is 0.0598. The van der Waals surface area contributed by atoms with Crippen molar-refractivity contribution in [1.29, 1.82) is 0 Å². The molecule has 0 aliphatic carbocycles. The molecule has 5 heteroatoms. The van der Waals surface area contributed by atoms with E-state index in [9.17, 15) is 4.79 Å². The predicted octanol–water partition coefficient (Wildman–Crippen LogP) is 2.76. The lowest BCUT2D eigenvalue weighted by Crippen LogP contribution is -2.20. The Labute approximate surface area is 128 Å². The number of hydrogen-bond acceptors (Lipinski definition) is 4. The van der Waals surface area contributed by atoms with Gasteiger partial charge in [-0.05, 0) is 23.9 Å². The van der Waals surface area contributed by atoms with Gasteiger partial charge in [0.1, 0.15) is 0 Å². The lowest BCUT2D eigenvalue weighted by Gasteiger charge is -2.04. The summed E-state index contributed by atoms with van der Waals surface area (Å²) in [5.74, 6) is 0.792. The van der Waals surface area contributed by atoms with Gasteiger partial charge in [0.15, 0.2) is 5.76 Å². The zero-order valence-corrected chi connectivity index (χ0v) is 12.6. The second-order valence-electron chi connectivity index (χ2n) is 5.35. The third-order valence-corrected chi connectivity index (χ3v) is 3.56. The fourth-order valence-electron chi connectivity index (χ4n) is 2.46. The van der Waals surface area contributed by atoms with E-state index in [1.807, 2.05) is 36.4 Å². The highest BCUT2D eigenvalue weighted by Crippen LogP contribution is 2.10. The van der Waals surface area contributed by atoms with Crippen LogP contribution >= 0.6 is 0 Å². The molecule has 0 atom stereocenters. The molecule has 3 rings (SSSR count). The van der Waals surface area contributed by atoms with E-state index >= 15 is 0 Å². The SMILES string of the molecule is CCCc1cc(CNCc2cc3ccccc3[nH]c2=O)on1. The number of benzene rings is 1. The summed E-state index contributed by atoms with van der Waals surface area (Å²) in [5, 5.41) is 8.26. The molecule has 0 saturated carbocycles. The first-order chi connectivity index (χ1) is 10.8. The Morgan fingerprint density at radius 2 is 2.09 bits per heavy atom. The Kier molecular flexibility index (Phi) is 4.34. The van der Waals surface area contributed by atoms with Crippen LogP contribution in [0.1, 0.15) is 30.4 Å². The maximum absolute atomic E-state index is 12.0. The molecule has 0 radical (unpaired) electrons. The van der Waals surface area contributed by atoms with Gasteiger partial charge < -0.3 is 14.8 Å². The van der Waals surface area contributed by atoms with E-state index in [1.54, 1.807) is 0 Å². The highest BCUT2D eigenvalue weighted by Gasteiger charge is 2.05. The number of nitrogens with zero attached hydrogens (tertiary/aromatic N) is 1. The Balaban J connectivity index is 1.65. The van der Waals surface area contributed by atoms with Crippen LogP contribution in [0.25, 0.3) is 10.9 Å². The van der Waals surface area contributed by atoms with E-state index in [0.717, 1.165) is 35.2 Å². The molecule has 0 spiro atoms. The standard InChI is InChI=1S/C17H19N3O2/c1-2-5-14-9-15(22-20-14)11-18-10-13-8-12-6-3-4-7-16(12)19-17(13)21/h3-4,6-9,18H,2,5,10-11H2,1H3,(H,19,21). The summed E-state index contributed by atoms with van der Waals surface area (Å²) < 4.78 is 5.26. The minimum Gasteiger partial charge on any atom is -0.360 e. The number of aromatic amines is 1. The maximum Gasteiger partial charge on any atom is 0.252 e. The number of aryl methyl sites for hydroxylation is 1. The fourth-order valence-corrected chi connectivity index (χ4v) is 2.46. The van der Waals surface area contributed by atoms with Crippen LogP contribution in [0.3, 0.4) is 0 Å². The number of pyridine rings is 1. The molecule has 3 aromatic rings. The Bertz CT molecular complexity index is 820. The van der Waals surface area contributed by atoms with E-state index in [4.69, 9.17) is 4.52 Å². The van der Waals surface area contributed by atoms with Gasteiger partial charge in [-0.25, -0.2) is 0 Å². The summed E-state index contributed by atoms with van der Waals surface area (Å²) in [7, 11) is 0. The monoisotopic (exact) mass is 297 g/mol. The first-order valence-electron chi connectivity index (χ1n) is 7.52. The molecule has 114 valence electrons. The number of para-hydroxylation sites is 1. The molecule has 0 unspecified atom stereocenters. The Hall–Kier alpha value is -2.40. The van der Waals surface area contributed by atoms with Crippen LogP contribution in [0, 0.1) is 0 Å². The normalized spacial score (nSPS) is 11.1. The van der Waals surface area contributed by atoms with Gasteiger partial charge in [-0.15, -0.1) is 0 Å². The number of fused-ring (bicyclic) bond motifs is 1. The smallest absolute Gasteiger partial charge is 0.252 e. The Morgan fingerprint density at radius 1 is 1.23 bits per heavy atom.